The van der Waals surface area contributed by atoms with Gasteiger partial charge in [0.15, 0.2) is 0 Å². The zero-order chi connectivity index (χ0) is 23.3. The third-order valence-corrected chi connectivity index (χ3v) is 6.90. The van der Waals surface area contributed by atoms with Gasteiger partial charge in [-0.15, -0.1) is 0 Å². The van der Waals surface area contributed by atoms with E-state index in [1.165, 1.54) is 25.7 Å². The highest BCUT2D eigenvalue weighted by Crippen LogP contribution is 2.34. The minimum Gasteiger partial charge on any atom is -0.303 e. The van der Waals surface area contributed by atoms with Crippen LogP contribution in [0.15, 0.2) is 71.7 Å². The average molecular weight is 456 g/mol. The Morgan fingerprint density at radius 3 is 2.47 bits per heavy atom. The fraction of sp³-hybridized carbons (Fsp3) is 0.393. The van der Waals surface area contributed by atoms with Crippen molar-refractivity contribution in [3.05, 3.63) is 77.2 Å². The Morgan fingerprint density at radius 1 is 0.882 bits per heavy atom. The molecule has 0 atom stereocenters. The third kappa shape index (κ3) is 4.68. The van der Waals surface area contributed by atoms with Gasteiger partial charge in [0, 0.05) is 30.9 Å². The van der Waals surface area contributed by atoms with Gasteiger partial charge in [-0.1, -0.05) is 62.6 Å². The zero-order valence-corrected chi connectivity index (χ0v) is 19.9. The molecule has 0 radical (unpaired) electrons. The van der Waals surface area contributed by atoms with Gasteiger partial charge in [0.1, 0.15) is 5.69 Å². The van der Waals surface area contributed by atoms with Gasteiger partial charge in [-0.2, -0.15) is 10.2 Å². The number of benzene rings is 1. The van der Waals surface area contributed by atoms with E-state index in [2.05, 4.69) is 30.0 Å². The highest BCUT2D eigenvalue weighted by atomic mass is 16.1. The van der Waals surface area contributed by atoms with Crippen LogP contribution in [0.5, 0.6) is 0 Å². The van der Waals surface area contributed by atoms with Gasteiger partial charge >= 0.3 is 0 Å². The van der Waals surface area contributed by atoms with Gasteiger partial charge in [-0.05, 0) is 44.0 Å². The van der Waals surface area contributed by atoms with E-state index < -0.39 is 0 Å². The molecule has 0 saturated carbocycles. The van der Waals surface area contributed by atoms with Crippen molar-refractivity contribution in [1.82, 2.24) is 24.3 Å². The quantitative estimate of drug-likeness (QED) is 0.332. The molecule has 0 amide bonds. The summed E-state index contributed by atoms with van der Waals surface area (Å²) in [5, 5.41) is 9.78. The number of hydrogen-bond donors (Lipinski definition) is 0. The number of likely N-dealkylation sites (tertiary alicyclic amines) is 1. The largest absolute Gasteiger partial charge is 0.303 e. The smallest absolute Gasteiger partial charge is 0.267 e. The Labute approximate surface area is 200 Å². The normalized spacial score (nSPS) is 15.2. The molecule has 4 heterocycles. The van der Waals surface area contributed by atoms with Crippen LogP contribution in [0.3, 0.4) is 0 Å². The van der Waals surface area contributed by atoms with E-state index in [-0.39, 0.29) is 11.6 Å². The van der Waals surface area contributed by atoms with E-state index in [0.29, 0.717) is 0 Å². The van der Waals surface area contributed by atoms with Gasteiger partial charge < -0.3 is 4.90 Å². The monoisotopic (exact) mass is 455 g/mol. The van der Waals surface area contributed by atoms with Gasteiger partial charge in [0.05, 0.1) is 22.8 Å². The number of fused-ring (bicyclic) bond motifs is 1. The van der Waals surface area contributed by atoms with Crippen molar-refractivity contribution in [2.75, 3.05) is 19.6 Å². The summed E-state index contributed by atoms with van der Waals surface area (Å²) in [6.07, 6.45) is 9.04. The standard InChI is InChI=1S/C28H33N5O/c1-2-3-4-9-18-31-20-16-23(17-21-31)33-26(34)15-14-24(29-33)27-25-13-8-10-19-32(25)30-28(27)22-11-6-5-7-12-22/h5-8,10-15,19,23H,2-4,9,16-18,20-21H2,1H3. The van der Waals surface area contributed by atoms with Crippen LogP contribution in [0.1, 0.15) is 51.5 Å². The molecule has 3 aromatic heterocycles. The molecule has 34 heavy (non-hydrogen) atoms. The first-order chi connectivity index (χ1) is 16.7. The highest BCUT2D eigenvalue weighted by molar-refractivity contribution is 5.90. The first-order valence-electron chi connectivity index (χ1n) is 12.6. The summed E-state index contributed by atoms with van der Waals surface area (Å²) >= 11 is 0. The SMILES string of the molecule is CCCCCCN1CCC(n2nc(-c3c(-c4ccccc4)nn4ccccc34)ccc2=O)CC1. The summed E-state index contributed by atoms with van der Waals surface area (Å²) in [6, 6.07) is 19.9. The van der Waals surface area contributed by atoms with Gasteiger partial charge in [0.25, 0.3) is 5.56 Å². The van der Waals surface area contributed by atoms with Crippen LogP contribution in [0.25, 0.3) is 28.0 Å². The number of piperidine rings is 1. The molecule has 0 aliphatic carbocycles. The van der Waals surface area contributed by atoms with Gasteiger partial charge in [0.2, 0.25) is 0 Å². The summed E-state index contributed by atoms with van der Waals surface area (Å²) in [5.41, 5.74) is 4.64. The third-order valence-electron chi connectivity index (χ3n) is 6.90. The maximum atomic E-state index is 12.9. The highest BCUT2D eigenvalue weighted by Gasteiger charge is 2.24. The molecular formula is C28H33N5O. The van der Waals surface area contributed by atoms with Crippen LogP contribution in [0, 0.1) is 0 Å². The Bertz CT molecular complexity index is 1290. The fourth-order valence-corrected chi connectivity index (χ4v) is 5.02. The molecule has 1 aromatic carbocycles. The molecule has 1 aliphatic heterocycles. The number of rotatable bonds is 8. The van der Waals surface area contributed by atoms with Crippen LogP contribution in [-0.2, 0) is 0 Å². The van der Waals surface area contributed by atoms with Gasteiger partial charge in [-0.3, -0.25) is 4.79 Å². The van der Waals surface area contributed by atoms with Crippen LogP contribution >= 0.6 is 0 Å². The number of aromatic nitrogens is 4. The fourth-order valence-electron chi connectivity index (χ4n) is 5.02. The lowest BCUT2D eigenvalue weighted by Crippen LogP contribution is -2.38. The van der Waals surface area contributed by atoms with E-state index in [9.17, 15) is 4.79 Å². The second-order valence-corrected chi connectivity index (χ2v) is 9.25. The molecule has 1 fully saturated rings. The van der Waals surface area contributed by atoms with E-state index in [1.807, 2.05) is 47.1 Å². The van der Waals surface area contributed by atoms with Crippen molar-refractivity contribution >= 4 is 5.52 Å². The second kappa shape index (κ2) is 10.3. The Kier molecular flexibility index (Phi) is 6.86. The molecule has 0 N–H and O–H groups in total. The average Bonchev–Trinajstić information content (AvgIpc) is 3.28. The number of pyridine rings is 1. The molecular weight excluding hydrogens is 422 g/mol. The molecule has 0 bridgehead atoms. The Balaban J connectivity index is 1.44. The lowest BCUT2D eigenvalue weighted by molar-refractivity contribution is 0.174. The lowest BCUT2D eigenvalue weighted by Gasteiger charge is -2.32. The number of hydrogen-bond acceptors (Lipinski definition) is 4. The molecule has 6 nitrogen and oxygen atoms in total. The van der Waals surface area contributed by atoms with Crippen molar-refractivity contribution in [1.29, 1.82) is 0 Å². The van der Waals surface area contributed by atoms with E-state index >= 15 is 0 Å². The molecule has 5 rings (SSSR count). The van der Waals surface area contributed by atoms with Crippen LogP contribution in [0.2, 0.25) is 0 Å². The topological polar surface area (TPSA) is 55.4 Å². The maximum Gasteiger partial charge on any atom is 0.267 e. The summed E-state index contributed by atoms with van der Waals surface area (Å²) in [5.74, 6) is 0. The first-order valence-corrected chi connectivity index (χ1v) is 12.6. The number of unbranched alkanes of at least 4 members (excludes halogenated alkanes) is 3. The second-order valence-electron chi connectivity index (χ2n) is 9.25. The molecule has 6 heteroatoms. The first kappa shape index (κ1) is 22.5. The zero-order valence-electron chi connectivity index (χ0n) is 19.9. The van der Waals surface area contributed by atoms with Crippen LogP contribution in [0.4, 0.5) is 0 Å². The van der Waals surface area contributed by atoms with Crippen molar-refractivity contribution in [2.24, 2.45) is 0 Å². The van der Waals surface area contributed by atoms with E-state index in [4.69, 9.17) is 10.2 Å². The molecule has 1 saturated heterocycles. The van der Waals surface area contributed by atoms with E-state index in [1.54, 1.807) is 10.7 Å². The lowest BCUT2D eigenvalue weighted by atomic mass is 10.0. The molecule has 0 spiro atoms. The molecule has 0 unspecified atom stereocenters. The number of nitrogens with zero attached hydrogens (tertiary/aromatic N) is 5. The molecule has 176 valence electrons. The van der Waals surface area contributed by atoms with Crippen molar-refractivity contribution in [3.8, 4) is 22.5 Å². The summed E-state index contributed by atoms with van der Waals surface area (Å²) in [4.78, 5) is 15.4. The molecule has 1 aliphatic rings. The maximum absolute atomic E-state index is 12.9. The van der Waals surface area contributed by atoms with Gasteiger partial charge in [-0.25, -0.2) is 9.20 Å². The molecule has 4 aromatic rings. The summed E-state index contributed by atoms with van der Waals surface area (Å²) in [7, 11) is 0. The van der Waals surface area contributed by atoms with Crippen molar-refractivity contribution < 1.29 is 0 Å². The minimum atomic E-state index is -0.0251. The Morgan fingerprint density at radius 2 is 1.68 bits per heavy atom. The van der Waals surface area contributed by atoms with Crippen LogP contribution < -0.4 is 5.56 Å². The predicted octanol–water partition coefficient (Wildman–Crippen LogP) is 5.44. The summed E-state index contributed by atoms with van der Waals surface area (Å²) in [6.45, 7) is 5.47. The van der Waals surface area contributed by atoms with E-state index in [0.717, 1.165) is 60.5 Å². The minimum absolute atomic E-state index is 0.0251. The predicted molar refractivity (Wildman–Crippen MR) is 137 cm³/mol. The van der Waals surface area contributed by atoms with Crippen LogP contribution in [-0.4, -0.2) is 43.9 Å². The summed E-state index contributed by atoms with van der Waals surface area (Å²) < 4.78 is 3.62. The van der Waals surface area contributed by atoms with Crippen molar-refractivity contribution in [2.45, 2.75) is 51.5 Å². The Hall–Kier alpha value is -3.25. The van der Waals surface area contributed by atoms with Crippen molar-refractivity contribution in [3.63, 3.8) is 0 Å².